The van der Waals surface area contributed by atoms with Gasteiger partial charge in [0.05, 0.1) is 5.69 Å². The van der Waals surface area contributed by atoms with Crippen molar-refractivity contribution in [1.29, 1.82) is 0 Å². The highest BCUT2D eigenvalue weighted by Crippen LogP contribution is 2.43. The van der Waals surface area contributed by atoms with Crippen molar-refractivity contribution in [3.63, 3.8) is 0 Å². The molecule has 0 spiro atoms. The summed E-state index contributed by atoms with van der Waals surface area (Å²) in [5.74, 6) is -0.273. The smallest absolute Gasteiger partial charge is 0.184 e. The molecular weight excluding hydrogens is 788 g/mol. The highest BCUT2D eigenvalue weighted by Gasteiger charge is 2.48. The number of hydrogen-bond donors (Lipinski definition) is 0. The number of rotatable bonds is 7. The molecule has 298 valence electrons. The summed E-state index contributed by atoms with van der Waals surface area (Å²) in [7, 11) is -2.81. The van der Waals surface area contributed by atoms with Crippen LogP contribution in [0.1, 0.15) is 0 Å². The van der Waals surface area contributed by atoms with Crippen molar-refractivity contribution < 1.29 is 8.81 Å². The molecule has 0 N–H and O–H groups in total. The molecule has 0 bridgehead atoms. The summed E-state index contributed by atoms with van der Waals surface area (Å²) in [6.45, 7) is 0. The monoisotopic (exact) mass is 826 g/mol. The summed E-state index contributed by atoms with van der Waals surface area (Å²) in [6.07, 6.45) is 0. The zero-order valence-electron chi connectivity index (χ0n) is 34.2. The van der Waals surface area contributed by atoms with Crippen molar-refractivity contribution in [2.45, 2.75) is 0 Å². The molecule has 0 saturated heterocycles. The van der Waals surface area contributed by atoms with Crippen LogP contribution < -0.4 is 30.5 Å². The van der Waals surface area contributed by atoms with Crippen LogP contribution >= 0.6 is 0 Å². The first-order valence-electron chi connectivity index (χ1n) is 21.4. The Morgan fingerprint density at radius 3 is 1.75 bits per heavy atom. The number of furan rings is 1. The van der Waals surface area contributed by atoms with Gasteiger partial charge in [-0.1, -0.05) is 152 Å². The highest BCUT2D eigenvalue weighted by molar-refractivity contribution is 7.21. The number of nitrogens with zero attached hydrogens (tertiary/aromatic N) is 2. The van der Waals surface area contributed by atoms with Crippen molar-refractivity contribution in [2.24, 2.45) is 0 Å². The van der Waals surface area contributed by atoms with Gasteiger partial charge in [-0.3, -0.25) is 0 Å². The fraction of sp³-hybridized carbons (Fsp3) is 0. The molecule has 0 unspecified atom stereocenters. The van der Waals surface area contributed by atoms with E-state index >= 15 is 0 Å². The van der Waals surface area contributed by atoms with Gasteiger partial charge in [0.25, 0.3) is 0 Å². The average Bonchev–Trinajstić information content (AvgIpc) is 3.72. The molecule has 1 aromatic heterocycles. The van der Waals surface area contributed by atoms with E-state index in [4.69, 9.17) is 4.42 Å². The van der Waals surface area contributed by atoms with Gasteiger partial charge in [-0.25, -0.2) is 4.39 Å². The molecule has 11 aromatic rings. The van der Waals surface area contributed by atoms with E-state index in [-0.39, 0.29) is 5.82 Å². The minimum atomic E-state index is -2.81. The topological polar surface area (TPSA) is 19.6 Å². The van der Waals surface area contributed by atoms with Gasteiger partial charge < -0.3 is 14.2 Å². The molecule has 0 aliphatic carbocycles. The van der Waals surface area contributed by atoms with Gasteiger partial charge >= 0.3 is 0 Å². The summed E-state index contributed by atoms with van der Waals surface area (Å²) in [5.41, 5.74) is 10.1. The van der Waals surface area contributed by atoms with Crippen molar-refractivity contribution in [1.82, 2.24) is 0 Å². The van der Waals surface area contributed by atoms with Crippen LogP contribution in [0, 0.1) is 5.82 Å². The second kappa shape index (κ2) is 14.9. The molecule has 63 heavy (non-hydrogen) atoms. The first-order chi connectivity index (χ1) is 31.1. The van der Waals surface area contributed by atoms with Gasteiger partial charge in [0, 0.05) is 50.7 Å². The Labute approximate surface area is 366 Å². The molecule has 1 aliphatic heterocycles. The van der Waals surface area contributed by atoms with E-state index in [1.165, 1.54) is 44.3 Å². The van der Waals surface area contributed by atoms with E-state index in [0.29, 0.717) is 0 Å². The molecule has 3 nitrogen and oxygen atoms in total. The zero-order chi connectivity index (χ0) is 41.9. The standard InChI is InChI=1S/C58H39FN2OSi/c59-43-29-31-45(32-30-43)60(52-25-14-16-40-15-10-11-23-49(40)52)46-33-35-51-50-34-27-42(38-55(50)62-56(51)39-46)41-28-36-58-54(37-41)61(44-17-4-1-5-18-44)53-24-12-13-26-57(53)63(58,47-19-6-2-7-20-47)48-21-8-3-9-22-48/h1-39H. The first kappa shape index (κ1) is 36.8. The van der Waals surface area contributed by atoms with E-state index in [1.54, 1.807) is 0 Å². The van der Waals surface area contributed by atoms with Gasteiger partial charge in [0.1, 0.15) is 17.0 Å². The largest absolute Gasteiger partial charge is 0.456 e. The van der Waals surface area contributed by atoms with Crippen LogP contribution in [0.4, 0.5) is 38.5 Å². The van der Waals surface area contributed by atoms with Crippen molar-refractivity contribution >= 4 is 95.7 Å². The number of hydrogen-bond acceptors (Lipinski definition) is 3. The third-order valence-corrected chi connectivity index (χ3v) is 17.6. The minimum Gasteiger partial charge on any atom is -0.456 e. The number of benzene rings is 10. The Balaban J connectivity index is 1.03. The lowest BCUT2D eigenvalue weighted by Crippen LogP contribution is -2.77. The lowest BCUT2D eigenvalue weighted by Gasteiger charge is -2.45. The highest BCUT2D eigenvalue weighted by atomic mass is 28.3. The molecule has 0 radical (unpaired) electrons. The predicted molar refractivity (Wildman–Crippen MR) is 263 cm³/mol. The van der Waals surface area contributed by atoms with E-state index in [0.717, 1.165) is 66.6 Å². The maximum atomic E-state index is 14.3. The summed E-state index contributed by atoms with van der Waals surface area (Å²) in [6, 6.07) is 83.4. The maximum absolute atomic E-state index is 14.3. The number of fused-ring (bicyclic) bond motifs is 6. The summed E-state index contributed by atoms with van der Waals surface area (Å²) < 4.78 is 21.1. The van der Waals surface area contributed by atoms with E-state index in [2.05, 4.69) is 222 Å². The van der Waals surface area contributed by atoms with Crippen LogP contribution in [0.25, 0.3) is 43.8 Å². The molecule has 12 rings (SSSR count). The molecular formula is C58H39FN2OSi. The van der Waals surface area contributed by atoms with Gasteiger partial charge in [-0.05, 0) is 116 Å². The number of anilines is 6. The van der Waals surface area contributed by atoms with Crippen LogP contribution in [0.15, 0.2) is 241 Å². The van der Waals surface area contributed by atoms with E-state index < -0.39 is 8.07 Å². The molecule has 2 heterocycles. The summed E-state index contributed by atoms with van der Waals surface area (Å²) in [4.78, 5) is 4.63. The number of para-hydroxylation sites is 2. The molecule has 0 amide bonds. The van der Waals surface area contributed by atoms with Crippen LogP contribution in [0.3, 0.4) is 0 Å². The maximum Gasteiger partial charge on any atom is 0.184 e. The normalized spacial score (nSPS) is 12.9. The third kappa shape index (κ3) is 5.93. The fourth-order valence-corrected chi connectivity index (χ4v) is 15.1. The molecule has 5 heteroatoms. The predicted octanol–water partition coefficient (Wildman–Crippen LogP) is 13.2. The summed E-state index contributed by atoms with van der Waals surface area (Å²) in [5, 5.41) is 9.75. The third-order valence-electron chi connectivity index (χ3n) is 12.8. The first-order valence-corrected chi connectivity index (χ1v) is 23.4. The van der Waals surface area contributed by atoms with Crippen LogP contribution in [-0.4, -0.2) is 8.07 Å². The lowest BCUT2D eigenvalue weighted by atomic mass is 10.0. The minimum absolute atomic E-state index is 0.273. The average molecular weight is 827 g/mol. The fourth-order valence-electron chi connectivity index (χ4n) is 10.00. The number of halogens is 1. The second-order valence-electron chi connectivity index (χ2n) is 16.2. The zero-order valence-corrected chi connectivity index (χ0v) is 35.2. The molecule has 0 saturated carbocycles. The second-order valence-corrected chi connectivity index (χ2v) is 19.9. The Kier molecular flexibility index (Phi) is 8.69. The molecule has 10 aromatic carbocycles. The Morgan fingerprint density at radius 1 is 0.413 bits per heavy atom. The van der Waals surface area contributed by atoms with Crippen LogP contribution in [0.5, 0.6) is 0 Å². The Bertz CT molecular complexity index is 3430. The van der Waals surface area contributed by atoms with Crippen LogP contribution in [-0.2, 0) is 0 Å². The van der Waals surface area contributed by atoms with Gasteiger partial charge in [-0.2, -0.15) is 0 Å². The Hall–Kier alpha value is -7.99. The van der Waals surface area contributed by atoms with E-state index in [1.807, 2.05) is 12.1 Å². The van der Waals surface area contributed by atoms with E-state index in [9.17, 15) is 4.39 Å². The van der Waals surface area contributed by atoms with Crippen LogP contribution in [0.2, 0.25) is 0 Å². The SMILES string of the molecule is Fc1ccc(N(c2ccc3c(c2)oc2cc(-c4ccc5c(c4)N(c4ccccc4)c4ccccc4[Si]5(c4ccccc4)c4ccccc4)ccc23)c2cccc3ccccc23)cc1. The molecule has 0 fully saturated rings. The summed E-state index contributed by atoms with van der Waals surface area (Å²) >= 11 is 0. The quantitative estimate of drug-likeness (QED) is 0.149. The Morgan fingerprint density at radius 2 is 0.984 bits per heavy atom. The molecule has 0 atom stereocenters. The lowest BCUT2D eigenvalue weighted by molar-refractivity contribution is 0.628. The van der Waals surface area contributed by atoms with Gasteiger partial charge in [-0.15, -0.1) is 0 Å². The van der Waals surface area contributed by atoms with Crippen molar-refractivity contribution in [2.75, 3.05) is 9.80 Å². The van der Waals surface area contributed by atoms with Gasteiger partial charge in [0.2, 0.25) is 0 Å². The van der Waals surface area contributed by atoms with Crippen molar-refractivity contribution in [3.8, 4) is 11.1 Å². The molecule has 1 aliphatic rings. The van der Waals surface area contributed by atoms with Crippen molar-refractivity contribution in [3.05, 3.63) is 242 Å². The van der Waals surface area contributed by atoms with Gasteiger partial charge in [0.15, 0.2) is 8.07 Å².